The molecule has 4 atom stereocenters. The van der Waals surface area contributed by atoms with E-state index in [1.807, 2.05) is 0 Å². The van der Waals surface area contributed by atoms with Crippen LogP contribution in [0.4, 0.5) is 0 Å². The number of carboxylic acids is 2. The van der Waals surface area contributed by atoms with Crippen molar-refractivity contribution in [2.45, 2.75) is 12.5 Å². The molecular weight excluding hydrogens is 188 g/mol. The van der Waals surface area contributed by atoms with Crippen molar-refractivity contribution in [2.75, 3.05) is 0 Å². The van der Waals surface area contributed by atoms with Crippen LogP contribution in [-0.4, -0.2) is 33.4 Å². The maximum atomic E-state index is 11.0. The van der Waals surface area contributed by atoms with Crippen molar-refractivity contribution in [2.24, 2.45) is 17.3 Å². The standard InChI is InChI=1S/C9H10O5/c10-6-4-1-2-9(6,8(13)14)5(3-4)7(11)12/h1-2,4-6,10H,3H2,(H,11,12)(H,13,14). The maximum Gasteiger partial charge on any atom is 0.317 e. The van der Waals surface area contributed by atoms with Crippen LogP contribution >= 0.6 is 0 Å². The first kappa shape index (κ1) is 9.21. The first-order valence-corrected chi connectivity index (χ1v) is 4.33. The average Bonchev–Trinajstić information content (AvgIpc) is 2.58. The van der Waals surface area contributed by atoms with Gasteiger partial charge in [0.15, 0.2) is 0 Å². The third kappa shape index (κ3) is 0.824. The van der Waals surface area contributed by atoms with Crippen LogP contribution in [0, 0.1) is 17.3 Å². The van der Waals surface area contributed by atoms with E-state index in [4.69, 9.17) is 10.2 Å². The summed E-state index contributed by atoms with van der Waals surface area (Å²) in [7, 11) is 0. The van der Waals surface area contributed by atoms with Gasteiger partial charge in [-0.3, -0.25) is 9.59 Å². The van der Waals surface area contributed by atoms with Crippen LogP contribution in [0.1, 0.15) is 6.42 Å². The largest absolute Gasteiger partial charge is 0.481 e. The Kier molecular flexibility index (Phi) is 1.69. The van der Waals surface area contributed by atoms with Crippen LogP contribution in [0.3, 0.4) is 0 Å². The van der Waals surface area contributed by atoms with E-state index >= 15 is 0 Å². The zero-order valence-electron chi connectivity index (χ0n) is 7.25. The maximum absolute atomic E-state index is 11.0. The Bertz CT molecular complexity index is 334. The van der Waals surface area contributed by atoms with Crippen molar-refractivity contribution in [3.05, 3.63) is 12.2 Å². The highest BCUT2D eigenvalue weighted by molar-refractivity contribution is 5.88. The molecule has 2 aliphatic rings. The van der Waals surface area contributed by atoms with Gasteiger partial charge in [-0.15, -0.1) is 0 Å². The van der Waals surface area contributed by atoms with Gasteiger partial charge in [0, 0.05) is 5.92 Å². The molecule has 0 aromatic rings. The van der Waals surface area contributed by atoms with Crippen LogP contribution in [0.15, 0.2) is 12.2 Å². The zero-order valence-corrected chi connectivity index (χ0v) is 7.25. The first-order valence-electron chi connectivity index (χ1n) is 4.33. The molecular formula is C9H10O5. The van der Waals surface area contributed by atoms with E-state index in [0.29, 0.717) is 0 Å². The van der Waals surface area contributed by atoms with Gasteiger partial charge in [0.2, 0.25) is 0 Å². The number of carboxylic acid groups (broad SMARTS) is 2. The monoisotopic (exact) mass is 198 g/mol. The summed E-state index contributed by atoms with van der Waals surface area (Å²) in [4.78, 5) is 21.9. The van der Waals surface area contributed by atoms with Gasteiger partial charge < -0.3 is 15.3 Å². The molecule has 3 N–H and O–H groups in total. The van der Waals surface area contributed by atoms with Crippen LogP contribution in [0.2, 0.25) is 0 Å². The van der Waals surface area contributed by atoms with Gasteiger partial charge in [0.05, 0.1) is 12.0 Å². The molecule has 1 saturated carbocycles. The summed E-state index contributed by atoms with van der Waals surface area (Å²) in [5.74, 6) is -3.75. The summed E-state index contributed by atoms with van der Waals surface area (Å²) in [5, 5.41) is 27.5. The van der Waals surface area contributed by atoms with Crippen molar-refractivity contribution in [3.63, 3.8) is 0 Å². The fourth-order valence-electron chi connectivity index (χ4n) is 2.49. The van der Waals surface area contributed by atoms with E-state index in [-0.39, 0.29) is 12.3 Å². The van der Waals surface area contributed by atoms with Gasteiger partial charge in [-0.25, -0.2) is 0 Å². The molecule has 0 aliphatic heterocycles. The van der Waals surface area contributed by atoms with E-state index in [9.17, 15) is 14.7 Å². The fourth-order valence-corrected chi connectivity index (χ4v) is 2.49. The highest BCUT2D eigenvalue weighted by Gasteiger charge is 2.63. The number of aliphatic hydroxyl groups excluding tert-OH is 1. The van der Waals surface area contributed by atoms with Crippen molar-refractivity contribution in [1.82, 2.24) is 0 Å². The smallest absolute Gasteiger partial charge is 0.317 e. The van der Waals surface area contributed by atoms with Crippen molar-refractivity contribution < 1.29 is 24.9 Å². The molecule has 0 amide bonds. The minimum atomic E-state index is -1.60. The molecule has 0 spiro atoms. The predicted octanol–water partition coefficient (Wildman–Crippen LogP) is -0.291. The molecule has 0 aromatic heterocycles. The van der Waals surface area contributed by atoms with Gasteiger partial charge >= 0.3 is 11.9 Å². The van der Waals surface area contributed by atoms with Crippen molar-refractivity contribution in [1.29, 1.82) is 0 Å². The van der Waals surface area contributed by atoms with Gasteiger partial charge in [-0.05, 0) is 6.42 Å². The average molecular weight is 198 g/mol. The predicted molar refractivity (Wildman–Crippen MR) is 44.4 cm³/mol. The highest BCUT2D eigenvalue weighted by Crippen LogP contribution is 2.53. The second-order valence-corrected chi connectivity index (χ2v) is 3.83. The van der Waals surface area contributed by atoms with Gasteiger partial charge in [-0.2, -0.15) is 0 Å². The molecule has 2 bridgehead atoms. The van der Waals surface area contributed by atoms with Crippen LogP contribution < -0.4 is 0 Å². The summed E-state index contributed by atoms with van der Waals surface area (Å²) in [6.07, 6.45) is 2.03. The summed E-state index contributed by atoms with van der Waals surface area (Å²) in [6.45, 7) is 0. The minimum absolute atomic E-state index is 0.208. The molecule has 1 fully saturated rings. The number of aliphatic hydroxyl groups is 1. The summed E-state index contributed by atoms with van der Waals surface area (Å²) < 4.78 is 0. The van der Waals surface area contributed by atoms with E-state index < -0.39 is 29.4 Å². The lowest BCUT2D eigenvalue weighted by atomic mass is 9.77. The number of aliphatic carboxylic acids is 2. The Morgan fingerprint density at radius 3 is 2.36 bits per heavy atom. The molecule has 0 radical (unpaired) electrons. The zero-order chi connectivity index (χ0) is 10.5. The van der Waals surface area contributed by atoms with E-state index in [2.05, 4.69) is 0 Å². The Morgan fingerprint density at radius 2 is 2.00 bits per heavy atom. The van der Waals surface area contributed by atoms with Crippen LogP contribution in [-0.2, 0) is 9.59 Å². The highest BCUT2D eigenvalue weighted by atomic mass is 16.4. The van der Waals surface area contributed by atoms with Crippen molar-refractivity contribution in [3.8, 4) is 0 Å². The van der Waals surface area contributed by atoms with E-state index in [1.165, 1.54) is 6.08 Å². The lowest BCUT2D eigenvalue weighted by Crippen LogP contribution is -2.43. The Labute approximate surface area is 79.7 Å². The molecule has 14 heavy (non-hydrogen) atoms. The number of rotatable bonds is 2. The first-order chi connectivity index (χ1) is 6.50. The number of carbonyl (C=O) groups is 2. The normalized spacial score (nSPS) is 44.2. The molecule has 4 unspecified atom stereocenters. The van der Waals surface area contributed by atoms with Gasteiger partial charge in [-0.1, -0.05) is 12.2 Å². The fraction of sp³-hybridized carbons (Fsp3) is 0.556. The second-order valence-electron chi connectivity index (χ2n) is 3.83. The Balaban J connectivity index is 2.47. The Morgan fingerprint density at radius 1 is 1.36 bits per heavy atom. The molecule has 5 heteroatoms. The quantitative estimate of drug-likeness (QED) is 0.530. The SMILES string of the molecule is O=C(O)C1CC2C=CC1(C(=O)O)C2O. The molecule has 76 valence electrons. The molecule has 0 aromatic carbocycles. The lowest BCUT2D eigenvalue weighted by molar-refractivity contribution is -0.161. The summed E-state index contributed by atoms with van der Waals surface area (Å²) >= 11 is 0. The Hall–Kier alpha value is -1.36. The van der Waals surface area contributed by atoms with Crippen LogP contribution in [0.5, 0.6) is 0 Å². The van der Waals surface area contributed by atoms with E-state index in [1.54, 1.807) is 6.08 Å². The number of fused-ring (bicyclic) bond motifs is 2. The van der Waals surface area contributed by atoms with Gasteiger partial charge in [0.25, 0.3) is 0 Å². The summed E-state index contributed by atoms with van der Waals surface area (Å²) in [6, 6.07) is 0. The molecule has 2 aliphatic carbocycles. The third-order valence-corrected chi connectivity index (χ3v) is 3.27. The summed E-state index contributed by atoms with van der Waals surface area (Å²) in [5.41, 5.74) is -1.60. The van der Waals surface area contributed by atoms with Crippen LogP contribution in [0.25, 0.3) is 0 Å². The minimum Gasteiger partial charge on any atom is -0.481 e. The molecule has 0 saturated heterocycles. The van der Waals surface area contributed by atoms with Gasteiger partial charge in [0.1, 0.15) is 5.41 Å². The molecule has 2 rings (SSSR count). The van der Waals surface area contributed by atoms with E-state index in [0.717, 1.165) is 0 Å². The lowest BCUT2D eigenvalue weighted by Gasteiger charge is -2.26. The molecule has 5 nitrogen and oxygen atoms in total. The number of hydrogen-bond acceptors (Lipinski definition) is 3. The topological polar surface area (TPSA) is 94.8 Å². The third-order valence-electron chi connectivity index (χ3n) is 3.27. The molecule has 0 heterocycles. The van der Waals surface area contributed by atoms with Crippen molar-refractivity contribution >= 4 is 11.9 Å². The second kappa shape index (κ2) is 2.57. The number of hydrogen-bond donors (Lipinski definition) is 3.